The van der Waals surface area contributed by atoms with Crippen LogP contribution in [0.5, 0.6) is 5.75 Å². The van der Waals surface area contributed by atoms with E-state index in [1.807, 2.05) is 59.4 Å². The molecule has 11 nitrogen and oxygen atoms in total. The third-order valence-corrected chi connectivity index (χ3v) is 7.86. The summed E-state index contributed by atoms with van der Waals surface area (Å²) in [6, 6.07) is 9.45. The number of halogens is 1. The molecular weight excluding hydrogens is 589 g/mol. The minimum Gasteiger partial charge on any atom is -0.496 e. The number of hydrogen-bond acceptors (Lipinski definition) is 9. The van der Waals surface area contributed by atoms with Crippen LogP contribution in [0.15, 0.2) is 41.3 Å². The number of nitrogens with zero attached hydrogens (tertiary/aromatic N) is 7. The third kappa shape index (κ3) is 6.09. The summed E-state index contributed by atoms with van der Waals surface area (Å²) in [5, 5.41) is 10.8. The maximum Gasteiger partial charge on any atom is 0.410 e. The molecule has 12 heteroatoms. The minimum atomic E-state index is -0.636. The van der Waals surface area contributed by atoms with Crippen LogP contribution in [0.25, 0.3) is 28.0 Å². The average molecular weight is 628 g/mol. The lowest BCUT2D eigenvalue weighted by molar-refractivity contribution is 0.0218. The van der Waals surface area contributed by atoms with E-state index >= 15 is 0 Å². The first-order valence-corrected chi connectivity index (χ1v) is 15.2. The number of methoxy groups -OCH3 is 1. The highest BCUT2D eigenvalue weighted by Crippen LogP contribution is 2.36. The monoisotopic (exact) mass is 627 g/mol. The Hall–Kier alpha value is -5.05. The summed E-state index contributed by atoms with van der Waals surface area (Å²) < 4.78 is 26.7. The van der Waals surface area contributed by atoms with Crippen LogP contribution in [0.2, 0.25) is 0 Å². The minimum absolute atomic E-state index is 0.0347. The molecule has 46 heavy (non-hydrogen) atoms. The predicted octanol–water partition coefficient (Wildman–Crippen LogP) is 5.74. The Morgan fingerprint density at radius 1 is 1.15 bits per heavy atom. The first kappa shape index (κ1) is 32.3. The number of hydrogen-bond donors (Lipinski definition) is 0. The van der Waals surface area contributed by atoms with Crippen molar-refractivity contribution in [3.05, 3.63) is 69.7 Å². The quantitative estimate of drug-likeness (QED) is 0.272. The standard InChI is InChI=1S/C34H38FN7O4/c1-19(2)27-29(20(3)11-12-37-27)42-31-25(15-22(17-36)28(38-31)24-10-9-23(35)16-26(24)45-8)30(39-32(42)43)41-14-13-40(18-21(41)4)33(44)46-34(5,6)7/h9-12,15-16,19,21H,13-14,18H2,1-8H3. The SMILES string of the molecule is COc1cc(F)ccc1-c1nc2c(cc1C#N)c(N1CCN(C(=O)OC(C)(C)C)CC1C)nc(=O)n2-c1c(C)ccnc1C(C)C. The van der Waals surface area contributed by atoms with Gasteiger partial charge in [0.15, 0.2) is 5.65 Å². The van der Waals surface area contributed by atoms with E-state index in [1.165, 1.54) is 29.9 Å². The number of aryl methyl sites for hydroxylation is 1. The van der Waals surface area contributed by atoms with Crippen LogP contribution in [-0.4, -0.2) is 68.9 Å². The van der Waals surface area contributed by atoms with Crippen LogP contribution in [0.3, 0.4) is 0 Å². The summed E-state index contributed by atoms with van der Waals surface area (Å²) in [5.74, 6) is 0.00331. The Kier molecular flexibility index (Phi) is 8.71. The van der Waals surface area contributed by atoms with Crippen LogP contribution in [0, 0.1) is 24.1 Å². The summed E-state index contributed by atoms with van der Waals surface area (Å²) >= 11 is 0. The number of anilines is 1. The van der Waals surface area contributed by atoms with Crippen LogP contribution < -0.4 is 15.3 Å². The van der Waals surface area contributed by atoms with Gasteiger partial charge in [0.25, 0.3) is 0 Å². The van der Waals surface area contributed by atoms with Gasteiger partial charge in [-0.3, -0.25) is 4.98 Å². The Balaban J connectivity index is 1.77. The number of aromatic nitrogens is 4. The number of ether oxygens (including phenoxy) is 2. The molecule has 0 bridgehead atoms. The normalized spacial score (nSPS) is 15.3. The van der Waals surface area contributed by atoms with Crippen molar-refractivity contribution in [2.45, 2.75) is 66.0 Å². The van der Waals surface area contributed by atoms with Gasteiger partial charge in [0.2, 0.25) is 0 Å². The number of nitriles is 1. The Morgan fingerprint density at radius 3 is 2.52 bits per heavy atom. The molecule has 1 atom stereocenters. The predicted molar refractivity (Wildman–Crippen MR) is 173 cm³/mol. The second-order valence-corrected chi connectivity index (χ2v) is 12.8. The van der Waals surface area contributed by atoms with Crippen molar-refractivity contribution in [3.63, 3.8) is 0 Å². The second-order valence-electron chi connectivity index (χ2n) is 12.8. The highest BCUT2D eigenvalue weighted by atomic mass is 19.1. The van der Waals surface area contributed by atoms with E-state index in [0.29, 0.717) is 47.8 Å². The number of fused-ring (bicyclic) bond motifs is 1. The molecule has 0 radical (unpaired) electrons. The largest absolute Gasteiger partial charge is 0.496 e. The lowest BCUT2D eigenvalue weighted by Gasteiger charge is -2.41. The van der Waals surface area contributed by atoms with Crippen molar-refractivity contribution in [1.29, 1.82) is 5.26 Å². The number of rotatable bonds is 5. The van der Waals surface area contributed by atoms with Crippen molar-refractivity contribution in [3.8, 4) is 28.8 Å². The molecule has 3 aromatic heterocycles. The van der Waals surface area contributed by atoms with E-state index in [1.54, 1.807) is 17.2 Å². The Labute approximate surface area is 267 Å². The van der Waals surface area contributed by atoms with Gasteiger partial charge in [-0.15, -0.1) is 0 Å². The van der Waals surface area contributed by atoms with Gasteiger partial charge in [0, 0.05) is 43.5 Å². The van der Waals surface area contributed by atoms with E-state index in [-0.39, 0.29) is 34.6 Å². The van der Waals surface area contributed by atoms with Crippen molar-refractivity contribution in [2.75, 3.05) is 31.6 Å². The van der Waals surface area contributed by atoms with E-state index in [9.17, 15) is 19.2 Å². The molecule has 4 aromatic rings. The van der Waals surface area contributed by atoms with Gasteiger partial charge in [-0.25, -0.2) is 23.5 Å². The van der Waals surface area contributed by atoms with Gasteiger partial charge in [-0.1, -0.05) is 13.8 Å². The van der Waals surface area contributed by atoms with Gasteiger partial charge in [0.05, 0.1) is 35.1 Å². The molecule has 0 aliphatic carbocycles. The van der Waals surface area contributed by atoms with Crippen LogP contribution in [0.4, 0.5) is 15.0 Å². The molecule has 0 spiro atoms. The smallest absolute Gasteiger partial charge is 0.410 e. The van der Waals surface area contributed by atoms with Crippen molar-refractivity contribution in [2.24, 2.45) is 0 Å². The maximum absolute atomic E-state index is 14.2. The molecule has 0 N–H and O–H groups in total. The Bertz CT molecular complexity index is 1930. The summed E-state index contributed by atoms with van der Waals surface area (Å²) in [6.45, 7) is 14.3. The number of benzene rings is 1. The van der Waals surface area contributed by atoms with Crippen molar-refractivity contribution < 1.29 is 18.7 Å². The van der Waals surface area contributed by atoms with Gasteiger partial charge in [-0.05, 0) is 70.4 Å². The highest BCUT2D eigenvalue weighted by molar-refractivity contribution is 5.93. The fourth-order valence-corrected chi connectivity index (χ4v) is 5.75. The van der Waals surface area contributed by atoms with Crippen LogP contribution in [0.1, 0.15) is 64.3 Å². The van der Waals surface area contributed by atoms with E-state index in [4.69, 9.17) is 14.5 Å². The number of amides is 1. The summed E-state index contributed by atoms with van der Waals surface area (Å²) in [5.41, 5.74) is 1.91. The zero-order chi connectivity index (χ0) is 33.5. The number of carbonyl (C=O) groups excluding carboxylic acids is 1. The first-order valence-electron chi connectivity index (χ1n) is 15.2. The summed E-state index contributed by atoms with van der Waals surface area (Å²) in [6.07, 6.45) is 1.29. The molecule has 5 rings (SSSR count). The van der Waals surface area contributed by atoms with Gasteiger partial charge in [-0.2, -0.15) is 10.2 Å². The van der Waals surface area contributed by atoms with Crippen LogP contribution >= 0.6 is 0 Å². The fraction of sp³-hybridized carbons (Fsp3) is 0.412. The molecule has 1 aromatic carbocycles. The summed E-state index contributed by atoms with van der Waals surface area (Å²) in [4.78, 5) is 44.8. The maximum atomic E-state index is 14.2. The molecule has 1 unspecified atom stereocenters. The molecule has 0 saturated carbocycles. The van der Waals surface area contributed by atoms with Crippen molar-refractivity contribution in [1.82, 2.24) is 24.4 Å². The molecule has 1 saturated heterocycles. The topological polar surface area (TPSA) is 126 Å². The number of piperazine rings is 1. The number of carbonyl (C=O) groups is 1. The zero-order valence-electron chi connectivity index (χ0n) is 27.4. The van der Waals surface area contributed by atoms with Gasteiger partial charge in [0.1, 0.15) is 29.1 Å². The summed E-state index contributed by atoms with van der Waals surface area (Å²) in [7, 11) is 1.41. The molecule has 1 amide bonds. The zero-order valence-corrected chi connectivity index (χ0v) is 27.4. The van der Waals surface area contributed by atoms with E-state index < -0.39 is 23.2 Å². The Morgan fingerprint density at radius 2 is 1.89 bits per heavy atom. The average Bonchev–Trinajstić information content (AvgIpc) is 2.99. The van der Waals surface area contributed by atoms with E-state index in [2.05, 4.69) is 16.0 Å². The lowest BCUT2D eigenvalue weighted by atomic mass is 10.0. The van der Waals surface area contributed by atoms with Gasteiger partial charge < -0.3 is 19.3 Å². The molecule has 240 valence electrons. The molecule has 1 aliphatic heterocycles. The second kappa shape index (κ2) is 12.4. The first-order chi connectivity index (χ1) is 21.7. The molecule has 4 heterocycles. The highest BCUT2D eigenvalue weighted by Gasteiger charge is 2.33. The third-order valence-electron chi connectivity index (χ3n) is 7.86. The van der Waals surface area contributed by atoms with Crippen LogP contribution in [-0.2, 0) is 4.74 Å². The molecular formula is C34H38FN7O4. The molecule has 1 fully saturated rings. The van der Waals surface area contributed by atoms with Gasteiger partial charge >= 0.3 is 11.8 Å². The number of pyridine rings is 2. The van der Waals surface area contributed by atoms with E-state index in [0.717, 1.165) is 5.56 Å². The lowest BCUT2D eigenvalue weighted by Crippen LogP contribution is -2.55. The molecule has 1 aliphatic rings. The fourth-order valence-electron chi connectivity index (χ4n) is 5.75. The van der Waals surface area contributed by atoms with Crippen molar-refractivity contribution >= 4 is 22.9 Å².